The Morgan fingerprint density at radius 2 is 1.68 bits per heavy atom. The molecule has 0 bridgehead atoms. The number of aromatic nitrogens is 6. The smallest absolute Gasteiger partial charge is 0.306 e. The highest BCUT2D eigenvalue weighted by Crippen LogP contribution is 2.37. The normalized spacial score (nSPS) is 11.0. The molecule has 0 spiro atoms. The van der Waals surface area contributed by atoms with Crippen molar-refractivity contribution < 1.29 is 9.21 Å². The summed E-state index contributed by atoms with van der Waals surface area (Å²) in [6.45, 7) is 0. The zero-order chi connectivity index (χ0) is 26.1. The summed E-state index contributed by atoms with van der Waals surface area (Å²) in [6, 6.07) is 23.6. The van der Waals surface area contributed by atoms with Crippen molar-refractivity contribution >= 4 is 28.4 Å². The van der Waals surface area contributed by atoms with Gasteiger partial charge >= 0.3 is 11.8 Å². The van der Waals surface area contributed by atoms with E-state index in [9.17, 15) is 4.79 Å². The van der Waals surface area contributed by atoms with Gasteiger partial charge in [0.2, 0.25) is 5.89 Å². The highest BCUT2D eigenvalue weighted by Gasteiger charge is 2.20. The van der Waals surface area contributed by atoms with Gasteiger partial charge in [-0.1, -0.05) is 48.5 Å². The number of fused-ring (bicyclic) bond motifs is 1. The minimum absolute atomic E-state index is 0.117. The minimum Gasteiger partial charge on any atom is -0.412 e. The van der Waals surface area contributed by atoms with Crippen LogP contribution in [0.1, 0.15) is 10.7 Å². The van der Waals surface area contributed by atoms with E-state index in [0.29, 0.717) is 22.8 Å². The van der Waals surface area contributed by atoms with Gasteiger partial charge in [-0.15, -0.1) is 10.2 Å². The molecule has 1 amide bonds. The molecule has 10 nitrogen and oxygen atoms in total. The maximum Gasteiger partial charge on any atom is 0.306 e. The number of carbonyl (C=O) groups excluding carboxylic acids is 1. The van der Waals surface area contributed by atoms with Crippen LogP contribution in [-0.2, 0) is 0 Å². The molecule has 4 heterocycles. The van der Waals surface area contributed by atoms with Gasteiger partial charge in [-0.2, -0.15) is 0 Å². The molecule has 184 valence electrons. The van der Waals surface area contributed by atoms with E-state index in [4.69, 9.17) is 20.1 Å². The average Bonchev–Trinajstić information content (AvgIpc) is 3.48. The van der Waals surface area contributed by atoms with Crippen molar-refractivity contribution in [1.29, 1.82) is 0 Å². The van der Waals surface area contributed by atoms with Crippen molar-refractivity contribution in [3.05, 3.63) is 97.3 Å². The second-order valence-corrected chi connectivity index (χ2v) is 8.42. The molecule has 2 aromatic carbocycles. The predicted octanol–water partition coefficient (Wildman–Crippen LogP) is 4.67. The van der Waals surface area contributed by atoms with Crippen LogP contribution in [0.2, 0.25) is 0 Å². The van der Waals surface area contributed by atoms with E-state index < -0.39 is 5.91 Å². The van der Waals surface area contributed by atoms with E-state index in [2.05, 4.69) is 38.4 Å². The standard InChI is InChI=1S/C28H20N8O2/c1-36(22-12-5-6-13-31-22)26-23-20(17-8-3-2-4-9-17)10-7-11-21(23)32-25(33-26)18-14-19(16-30-15-18)27-34-35-28(38-27)24(29)37/h2-16H,1H3,(H2,29,37). The maximum atomic E-state index is 11.4. The lowest BCUT2D eigenvalue weighted by atomic mass is 10.0. The summed E-state index contributed by atoms with van der Waals surface area (Å²) in [7, 11) is 1.92. The fraction of sp³-hybridized carbons (Fsp3) is 0.0357. The van der Waals surface area contributed by atoms with Gasteiger partial charge in [-0.25, -0.2) is 15.0 Å². The topological polar surface area (TPSA) is 137 Å². The van der Waals surface area contributed by atoms with Crippen LogP contribution in [0, 0.1) is 0 Å². The number of nitrogens with zero attached hydrogens (tertiary/aromatic N) is 7. The summed E-state index contributed by atoms with van der Waals surface area (Å²) < 4.78 is 5.38. The minimum atomic E-state index is -0.804. The lowest BCUT2D eigenvalue weighted by molar-refractivity contribution is 0.0968. The first-order valence-electron chi connectivity index (χ1n) is 11.7. The first-order valence-corrected chi connectivity index (χ1v) is 11.7. The van der Waals surface area contributed by atoms with Gasteiger partial charge in [0.25, 0.3) is 0 Å². The summed E-state index contributed by atoms with van der Waals surface area (Å²) in [4.78, 5) is 32.1. The number of rotatable bonds is 6. The lowest BCUT2D eigenvalue weighted by Crippen LogP contribution is -2.14. The third-order valence-electron chi connectivity index (χ3n) is 5.98. The van der Waals surface area contributed by atoms with Gasteiger partial charge in [-0.05, 0) is 35.4 Å². The molecule has 0 aliphatic rings. The molecule has 6 rings (SSSR count). The second-order valence-electron chi connectivity index (χ2n) is 8.42. The van der Waals surface area contributed by atoms with Gasteiger partial charge in [0.05, 0.1) is 16.5 Å². The molecule has 0 saturated carbocycles. The molecule has 0 atom stereocenters. The Hall–Kier alpha value is -5.51. The molecule has 0 saturated heterocycles. The van der Waals surface area contributed by atoms with E-state index >= 15 is 0 Å². The molecule has 0 aliphatic heterocycles. The number of primary amides is 1. The van der Waals surface area contributed by atoms with Crippen LogP contribution < -0.4 is 10.6 Å². The lowest BCUT2D eigenvalue weighted by Gasteiger charge is -2.21. The first kappa shape index (κ1) is 22.9. The SMILES string of the molecule is CN(c1ccccn1)c1nc(-c2cncc(-c3nnc(C(N)=O)o3)c2)nc2cccc(-c3ccccc3)c12. The molecule has 38 heavy (non-hydrogen) atoms. The van der Waals surface area contributed by atoms with Crippen LogP contribution in [0.4, 0.5) is 11.6 Å². The summed E-state index contributed by atoms with van der Waals surface area (Å²) in [5.41, 5.74) is 9.19. The third kappa shape index (κ3) is 4.20. The number of anilines is 2. The Balaban J connectivity index is 1.55. The number of benzene rings is 2. The molecular formula is C28H20N8O2. The van der Waals surface area contributed by atoms with Crippen LogP contribution in [0.15, 0.2) is 95.8 Å². The maximum absolute atomic E-state index is 11.4. The predicted molar refractivity (Wildman–Crippen MR) is 142 cm³/mol. The van der Waals surface area contributed by atoms with Crippen molar-refractivity contribution in [3.8, 4) is 34.0 Å². The van der Waals surface area contributed by atoms with Crippen LogP contribution in [0.3, 0.4) is 0 Å². The van der Waals surface area contributed by atoms with Gasteiger partial charge < -0.3 is 15.1 Å². The molecule has 10 heteroatoms. The van der Waals surface area contributed by atoms with Gasteiger partial charge in [0.15, 0.2) is 5.82 Å². The number of nitrogens with two attached hydrogens (primary N) is 1. The molecule has 0 unspecified atom stereocenters. The highest BCUT2D eigenvalue weighted by molar-refractivity contribution is 6.03. The zero-order valence-corrected chi connectivity index (χ0v) is 20.2. The molecule has 0 fully saturated rings. The molecule has 0 radical (unpaired) electrons. The molecule has 2 N–H and O–H groups in total. The molecular weight excluding hydrogens is 480 g/mol. The van der Waals surface area contributed by atoms with E-state index in [1.807, 2.05) is 60.5 Å². The number of hydrogen-bond donors (Lipinski definition) is 1. The van der Waals surface area contributed by atoms with Gasteiger partial charge in [0, 0.05) is 31.2 Å². The average molecular weight is 501 g/mol. The van der Waals surface area contributed by atoms with Crippen molar-refractivity contribution in [2.45, 2.75) is 0 Å². The Bertz CT molecular complexity index is 1770. The zero-order valence-electron chi connectivity index (χ0n) is 20.2. The van der Waals surface area contributed by atoms with Crippen molar-refractivity contribution in [3.63, 3.8) is 0 Å². The number of amides is 1. The fourth-order valence-corrected chi connectivity index (χ4v) is 4.17. The van der Waals surface area contributed by atoms with Crippen LogP contribution in [-0.4, -0.2) is 43.1 Å². The van der Waals surface area contributed by atoms with Crippen molar-refractivity contribution in [2.75, 3.05) is 11.9 Å². The summed E-state index contributed by atoms with van der Waals surface area (Å²) in [6.07, 6.45) is 4.95. The van der Waals surface area contributed by atoms with Crippen LogP contribution in [0.5, 0.6) is 0 Å². The summed E-state index contributed by atoms with van der Waals surface area (Å²) in [5.74, 6) is 0.901. The molecule has 6 aromatic rings. The van der Waals surface area contributed by atoms with Crippen molar-refractivity contribution in [2.24, 2.45) is 5.73 Å². The fourth-order valence-electron chi connectivity index (χ4n) is 4.17. The first-order chi connectivity index (χ1) is 18.6. The van der Waals surface area contributed by atoms with Gasteiger partial charge in [0.1, 0.15) is 11.6 Å². The van der Waals surface area contributed by atoms with Crippen LogP contribution in [0.25, 0.3) is 44.9 Å². The van der Waals surface area contributed by atoms with E-state index in [1.54, 1.807) is 24.7 Å². The quantitative estimate of drug-likeness (QED) is 0.346. The molecule has 0 aliphatic carbocycles. The number of pyridine rings is 2. The third-order valence-corrected chi connectivity index (χ3v) is 5.98. The monoisotopic (exact) mass is 500 g/mol. The Morgan fingerprint density at radius 3 is 2.45 bits per heavy atom. The number of carbonyl (C=O) groups is 1. The molecule has 4 aromatic heterocycles. The number of hydrogen-bond acceptors (Lipinski definition) is 9. The Morgan fingerprint density at radius 1 is 0.868 bits per heavy atom. The van der Waals surface area contributed by atoms with E-state index in [-0.39, 0.29) is 11.8 Å². The van der Waals surface area contributed by atoms with E-state index in [1.165, 1.54) is 0 Å². The van der Waals surface area contributed by atoms with Crippen molar-refractivity contribution in [1.82, 2.24) is 30.1 Å². The summed E-state index contributed by atoms with van der Waals surface area (Å²) in [5, 5.41) is 8.48. The second kappa shape index (κ2) is 9.51. The van der Waals surface area contributed by atoms with Crippen LogP contribution >= 0.6 is 0 Å². The Labute approximate surface area is 216 Å². The summed E-state index contributed by atoms with van der Waals surface area (Å²) >= 11 is 0. The van der Waals surface area contributed by atoms with E-state index in [0.717, 1.165) is 27.8 Å². The van der Waals surface area contributed by atoms with Gasteiger partial charge in [-0.3, -0.25) is 9.78 Å². The largest absolute Gasteiger partial charge is 0.412 e. The Kier molecular flexibility index (Phi) is 5.74. The highest BCUT2D eigenvalue weighted by atomic mass is 16.4.